The molecule has 4 aromatic rings. The molecule has 47 heavy (non-hydrogen) atoms. The molecule has 246 valence electrons. The summed E-state index contributed by atoms with van der Waals surface area (Å²) in [6.45, 7) is 9.55. The number of aryl methyl sites for hydroxylation is 2. The topological polar surface area (TPSA) is 97.6 Å². The van der Waals surface area contributed by atoms with Crippen LogP contribution in [0.4, 0.5) is 11.6 Å². The van der Waals surface area contributed by atoms with Gasteiger partial charge in [-0.15, -0.1) is 0 Å². The van der Waals surface area contributed by atoms with Crippen LogP contribution in [0.5, 0.6) is 5.75 Å². The lowest BCUT2D eigenvalue weighted by molar-refractivity contribution is -0.0834. The molecule has 0 radical (unpaired) electrons. The van der Waals surface area contributed by atoms with Gasteiger partial charge in [0.05, 0.1) is 48.2 Å². The molecule has 11 heteroatoms. The van der Waals surface area contributed by atoms with E-state index in [0.717, 1.165) is 68.8 Å². The van der Waals surface area contributed by atoms with Crippen LogP contribution in [-0.2, 0) is 11.3 Å². The Bertz CT molecular complexity index is 1790. The number of amides is 1. The molecule has 0 atom stereocenters. The number of imidazole rings is 1. The Hall–Kier alpha value is -3.73. The number of carbonyl (C=O) groups excluding carboxylic acids is 1. The lowest BCUT2D eigenvalue weighted by Gasteiger charge is -2.50. The highest BCUT2D eigenvalue weighted by Crippen LogP contribution is 2.43. The van der Waals surface area contributed by atoms with Gasteiger partial charge in [-0.2, -0.15) is 0 Å². The van der Waals surface area contributed by atoms with Gasteiger partial charge in [-0.1, -0.05) is 11.6 Å². The van der Waals surface area contributed by atoms with Gasteiger partial charge in [-0.3, -0.25) is 20.0 Å². The molecule has 1 spiro atoms. The molecule has 0 aliphatic carbocycles. The number of nitrogens with zero attached hydrogens (tertiary/aromatic N) is 6. The van der Waals surface area contributed by atoms with E-state index in [0.29, 0.717) is 51.7 Å². The first-order valence-corrected chi connectivity index (χ1v) is 17.5. The van der Waals surface area contributed by atoms with Crippen molar-refractivity contribution in [2.24, 2.45) is 5.41 Å². The quantitative estimate of drug-likeness (QED) is 0.250. The third kappa shape index (κ3) is 6.19. The van der Waals surface area contributed by atoms with Gasteiger partial charge in [-0.05, 0) is 101 Å². The van der Waals surface area contributed by atoms with Crippen molar-refractivity contribution >= 4 is 40.2 Å². The number of hydrogen-bond donors (Lipinski definition) is 1. The van der Waals surface area contributed by atoms with Crippen molar-refractivity contribution in [3.8, 4) is 17.0 Å². The summed E-state index contributed by atoms with van der Waals surface area (Å²) < 4.78 is 13.8. The highest BCUT2D eigenvalue weighted by atomic mass is 35.5. The minimum atomic E-state index is -0.231. The van der Waals surface area contributed by atoms with Crippen LogP contribution in [0.3, 0.4) is 0 Å². The summed E-state index contributed by atoms with van der Waals surface area (Å²) in [4.78, 5) is 32.8. The van der Waals surface area contributed by atoms with E-state index in [2.05, 4.69) is 42.9 Å². The minimum Gasteiger partial charge on any atom is -0.493 e. The molecule has 4 aliphatic heterocycles. The van der Waals surface area contributed by atoms with Gasteiger partial charge in [0.15, 0.2) is 0 Å². The van der Waals surface area contributed by atoms with Crippen molar-refractivity contribution in [3.05, 3.63) is 59.0 Å². The molecule has 8 rings (SSSR count). The van der Waals surface area contributed by atoms with E-state index in [1.165, 1.54) is 44.5 Å². The first-order valence-electron chi connectivity index (χ1n) is 17.1. The van der Waals surface area contributed by atoms with Crippen molar-refractivity contribution in [3.63, 3.8) is 0 Å². The summed E-state index contributed by atoms with van der Waals surface area (Å²) in [6, 6.07) is 12.5. The third-order valence-corrected chi connectivity index (χ3v) is 11.0. The first-order chi connectivity index (χ1) is 22.9. The molecule has 7 heterocycles. The predicted octanol–water partition coefficient (Wildman–Crippen LogP) is 6.35. The predicted molar refractivity (Wildman–Crippen MR) is 184 cm³/mol. The molecule has 10 nitrogen and oxygen atoms in total. The summed E-state index contributed by atoms with van der Waals surface area (Å²) in [7, 11) is 0. The number of likely N-dealkylation sites (tertiary alicyclic amines) is 1. The Balaban J connectivity index is 1.04. The lowest BCUT2D eigenvalue weighted by atomic mass is 9.71. The Morgan fingerprint density at radius 1 is 0.936 bits per heavy atom. The maximum absolute atomic E-state index is 13.7. The smallest absolute Gasteiger partial charge is 0.258 e. The van der Waals surface area contributed by atoms with Gasteiger partial charge >= 0.3 is 0 Å². The van der Waals surface area contributed by atoms with Crippen molar-refractivity contribution in [2.75, 3.05) is 56.2 Å². The van der Waals surface area contributed by atoms with E-state index in [4.69, 9.17) is 31.0 Å². The summed E-state index contributed by atoms with van der Waals surface area (Å²) >= 11 is 6.22. The number of piperidine rings is 2. The molecule has 0 unspecified atom stereocenters. The number of rotatable bonds is 2. The number of fused-ring (bicyclic) bond motifs is 7. The molecule has 1 amide bonds. The molecule has 1 aromatic carbocycles. The number of pyridine rings is 2. The van der Waals surface area contributed by atoms with E-state index in [9.17, 15) is 4.79 Å². The fourth-order valence-corrected chi connectivity index (χ4v) is 7.88. The Morgan fingerprint density at radius 3 is 2.53 bits per heavy atom. The van der Waals surface area contributed by atoms with Crippen LogP contribution < -0.4 is 15.0 Å². The van der Waals surface area contributed by atoms with Gasteiger partial charge in [0.2, 0.25) is 5.95 Å². The molecule has 1 N–H and O–H groups in total. The zero-order valence-corrected chi connectivity index (χ0v) is 27.8. The van der Waals surface area contributed by atoms with E-state index in [1.54, 1.807) is 24.4 Å². The lowest BCUT2D eigenvalue weighted by Crippen LogP contribution is -2.54. The van der Waals surface area contributed by atoms with Crippen molar-refractivity contribution in [1.29, 1.82) is 0 Å². The average molecular weight is 656 g/mol. The average Bonchev–Trinajstić information content (AvgIpc) is 3.38. The summed E-state index contributed by atoms with van der Waals surface area (Å²) in [6.07, 6.45) is 9.51. The van der Waals surface area contributed by atoms with Crippen LogP contribution in [-0.4, -0.2) is 82.4 Å². The monoisotopic (exact) mass is 655 g/mol. The number of hydrogen-bond acceptors (Lipinski definition) is 8. The molecule has 0 saturated carbocycles. The Labute approximate surface area is 280 Å². The third-order valence-electron chi connectivity index (χ3n) is 10.7. The molecule has 3 aromatic heterocycles. The molecular formula is C36H42ClN7O3. The van der Waals surface area contributed by atoms with E-state index >= 15 is 0 Å². The fraction of sp³-hybridized carbons (Fsp3) is 0.500. The van der Waals surface area contributed by atoms with Gasteiger partial charge in [0.1, 0.15) is 10.9 Å². The largest absolute Gasteiger partial charge is 0.493 e. The van der Waals surface area contributed by atoms with E-state index in [-0.39, 0.29) is 5.91 Å². The van der Waals surface area contributed by atoms with Crippen LogP contribution >= 0.6 is 11.6 Å². The standard InChI is InChI=1S/C36H42ClN7O3/c1-24-17-25-18-30(39-24)28-21-38-33(37)20-32(28)47-16-4-2-3-11-44-31-19-26(5-6-29(31)40-35(44)41-34(25)45)42-12-7-36(8-13-42)9-14-43(15-10-36)27-22-46-23-27/h5-6,17-21,27H,2-4,7-16,22-23H2,1H3,(H,40,41,45). The van der Waals surface area contributed by atoms with Crippen molar-refractivity contribution in [1.82, 2.24) is 24.4 Å². The maximum Gasteiger partial charge on any atom is 0.258 e. The number of carbonyl (C=O) groups is 1. The summed E-state index contributed by atoms with van der Waals surface area (Å²) in [5, 5.41) is 3.49. The number of benzene rings is 1. The number of nitrogens with one attached hydrogen (secondary N) is 1. The van der Waals surface area contributed by atoms with E-state index < -0.39 is 0 Å². The maximum atomic E-state index is 13.7. The normalized spacial score (nSPS) is 20.8. The minimum absolute atomic E-state index is 0.231. The molecule has 3 saturated heterocycles. The SMILES string of the molecule is Cc1cc2cc(n1)-c1cnc(Cl)cc1OCCCCCn1c(nc3ccc(N4CCC5(CC4)CCN(C4COC4)CC5)cc31)NC2=O. The number of ether oxygens (including phenoxy) is 2. The Kier molecular flexibility index (Phi) is 8.27. The number of halogens is 1. The molecule has 3 fully saturated rings. The Morgan fingerprint density at radius 2 is 1.74 bits per heavy atom. The number of aromatic nitrogens is 4. The van der Waals surface area contributed by atoms with Gasteiger partial charge < -0.3 is 18.9 Å². The zero-order chi connectivity index (χ0) is 32.0. The van der Waals surface area contributed by atoms with Crippen LogP contribution in [0.25, 0.3) is 22.3 Å². The highest BCUT2D eigenvalue weighted by molar-refractivity contribution is 6.29. The van der Waals surface area contributed by atoms with Crippen molar-refractivity contribution in [2.45, 2.75) is 64.5 Å². The second-order valence-electron chi connectivity index (χ2n) is 13.7. The van der Waals surface area contributed by atoms with Crippen LogP contribution in [0.15, 0.2) is 42.6 Å². The molecular weight excluding hydrogens is 614 g/mol. The van der Waals surface area contributed by atoms with E-state index in [1.807, 2.05) is 6.92 Å². The second-order valence-corrected chi connectivity index (χ2v) is 14.1. The summed E-state index contributed by atoms with van der Waals surface area (Å²) in [5.41, 5.74) is 6.18. The van der Waals surface area contributed by atoms with Gasteiger partial charge in [-0.25, -0.2) is 9.97 Å². The van der Waals surface area contributed by atoms with Gasteiger partial charge in [0, 0.05) is 48.8 Å². The molecule has 4 aliphatic rings. The van der Waals surface area contributed by atoms with Crippen LogP contribution in [0.1, 0.15) is 61.0 Å². The first kappa shape index (κ1) is 30.6. The van der Waals surface area contributed by atoms with Crippen LogP contribution in [0.2, 0.25) is 5.15 Å². The van der Waals surface area contributed by atoms with Crippen molar-refractivity contribution < 1.29 is 14.3 Å². The fourth-order valence-electron chi connectivity index (χ4n) is 7.73. The zero-order valence-electron chi connectivity index (χ0n) is 27.0. The summed E-state index contributed by atoms with van der Waals surface area (Å²) in [5.74, 6) is 0.956. The van der Waals surface area contributed by atoms with Gasteiger partial charge in [0.25, 0.3) is 5.91 Å². The molecule has 2 bridgehead atoms. The van der Waals surface area contributed by atoms with Crippen LogP contribution in [0, 0.1) is 12.3 Å². The highest BCUT2D eigenvalue weighted by Gasteiger charge is 2.40. The second kappa shape index (κ2) is 12.7. The number of anilines is 2.